The number of rotatable bonds is 8. The highest BCUT2D eigenvalue weighted by molar-refractivity contribution is 6.30. The minimum Gasteiger partial charge on any atom is -0.484 e. The number of halogens is 3. The normalized spacial score (nSPS) is 24.2. The van der Waals surface area contributed by atoms with E-state index in [0.717, 1.165) is 6.07 Å². The van der Waals surface area contributed by atoms with Gasteiger partial charge in [0, 0.05) is 21.9 Å². The van der Waals surface area contributed by atoms with Crippen molar-refractivity contribution in [2.75, 3.05) is 0 Å². The van der Waals surface area contributed by atoms with Gasteiger partial charge < -0.3 is 19.7 Å². The maximum absolute atomic E-state index is 13.7. The number of ether oxygens (including phenoxy) is 2. The topological polar surface area (TPSA) is 100 Å². The summed E-state index contributed by atoms with van der Waals surface area (Å²) in [5.41, 5.74) is 4.90. The number of primary amides is 1. The van der Waals surface area contributed by atoms with Crippen LogP contribution in [0, 0.1) is 11.2 Å². The highest BCUT2D eigenvalue weighted by Gasteiger charge is 2.75. The molecule has 0 aliphatic heterocycles. The molecule has 0 spiro atoms. The fourth-order valence-electron chi connectivity index (χ4n) is 4.76. The van der Waals surface area contributed by atoms with Gasteiger partial charge in [-0.15, -0.1) is 0 Å². The molecule has 7 nitrogen and oxygen atoms in total. The van der Waals surface area contributed by atoms with Crippen molar-refractivity contribution in [2.45, 2.75) is 37.4 Å². The van der Waals surface area contributed by atoms with Crippen molar-refractivity contribution in [3.05, 3.63) is 70.0 Å². The molecule has 1 heterocycles. The lowest BCUT2D eigenvalue weighted by Crippen LogP contribution is -2.72. The van der Waals surface area contributed by atoms with E-state index < -0.39 is 23.2 Å². The molecular weight excluding hydrogens is 460 g/mol. The van der Waals surface area contributed by atoms with Crippen LogP contribution in [0.1, 0.15) is 31.0 Å². The van der Waals surface area contributed by atoms with E-state index in [0.29, 0.717) is 41.7 Å². The zero-order valence-corrected chi connectivity index (χ0v) is 18.2. The standard InChI is InChI=1S/C22H18Cl2FN3O4/c23-12-1-3-13(4-2-12)30-8-17-27-20(28-32-17)22-9-21(10-22,11-22)18(19(26)29)31-14-5-6-15(24)16(25)7-14/h1-7,18H,8-11H2,(H2,26,29). The third-order valence-corrected chi connectivity index (χ3v) is 6.71. The molecular formula is C22H18Cl2FN3O4. The fraction of sp³-hybridized carbons (Fsp3) is 0.318. The number of amides is 1. The molecule has 2 N–H and O–H groups in total. The maximum Gasteiger partial charge on any atom is 0.264 e. The Morgan fingerprint density at radius 1 is 1.16 bits per heavy atom. The van der Waals surface area contributed by atoms with Gasteiger partial charge in [0.05, 0.1) is 5.02 Å². The molecule has 32 heavy (non-hydrogen) atoms. The first-order chi connectivity index (χ1) is 15.3. The molecule has 10 heteroatoms. The molecule has 166 valence electrons. The Labute approximate surface area is 192 Å². The molecule has 2 aromatic carbocycles. The van der Waals surface area contributed by atoms with Crippen molar-refractivity contribution in [1.82, 2.24) is 10.1 Å². The van der Waals surface area contributed by atoms with Gasteiger partial charge in [-0.3, -0.25) is 4.79 Å². The summed E-state index contributed by atoms with van der Waals surface area (Å²) in [6.07, 6.45) is 0.992. The Morgan fingerprint density at radius 2 is 1.84 bits per heavy atom. The predicted molar refractivity (Wildman–Crippen MR) is 113 cm³/mol. The molecule has 2 bridgehead atoms. The average molecular weight is 478 g/mol. The summed E-state index contributed by atoms with van der Waals surface area (Å²) < 4.78 is 30.5. The van der Waals surface area contributed by atoms with Crippen LogP contribution in [0.3, 0.4) is 0 Å². The summed E-state index contributed by atoms with van der Waals surface area (Å²) in [4.78, 5) is 16.6. The molecule has 3 aliphatic carbocycles. The van der Waals surface area contributed by atoms with Crippen LogP contribution in [-0.4, -0.2) is 22.2 Å². The van der Waals surface area contributed by atoms with Gasteiger partial charge in [-0.1, -0.05) is 28.4 Å². The Morgan fingerprint density at radius 3 is 2.50 bits per heavy atom. The van der Waals surface area contributed by atoms with Crippen molar-refractivity contribution in [2.24, 2.45) is 11.1 Å². The first-order valence-corrected chi connectivity index (χ1v) is 10.7. The van der Waals surface area contributed by atoms with Crippen molar-refractivity contribution in [3.63, 3.8) is 0 Å². The van der Waals surface area contributed by atoms with E-state index in [4.69, 9.17) is 42.9 Å². The summed E-state index contributed by atoms with van der Waals surface area (Å²) in [5, 5.41) is 4.70. The predicted octanol–water partition coefficient (Wildman–Crippen LogP) is 4.45. The molecule has 3 aromatic rings. The van der Waals surface area contributed by atoms with Gasteiger partial charge in [0.15, 0.2) is 18.5 Å². The quantitative estimate of drug-likeness (QED) is 0.514. The molecule has 3 saturated carbocycles. The lowest BCUT2D eigenvalue weighted by molar-refractivity contribution is -0.203. The number of aromatic nitrogens is 2. The van der Waals surface area contributed by atoms with Gasteiger partial charge in [0.2, 0.25) is 0 Å². The lowest BCUT2D eigenvalue weighted by Gasteiger charge is -2.70. The average Bonchev–Trinajstić information content (AvgIpc) is 3.16. The Balaban J connectivity index is 1.23. The molecule has 1 aromatic heterocycles. The summed E-state index contributed by atoms with van der Waals surface area (Å²) >= 11 is 11.6. The third kappa shape index (κ3) is 3.57. The molecule has 6 rings (SSSR count). The molecule has 1 amide bonds. The lowest BCUT2D eigenvalue weighted by atomic mass is 9.33. The van der Waals surface area contributed by atoms with E-state index >= 15 is 0 Å². The van der Waals surface area contributed by atoms with Crippen LogP contribution in [0.25, 0.3) is 0 Å². The highest BCUT2D eigenvalue weighted by Crippen LogP contribution is 2.74. The number of carbonyl (C=O) groups excluding carboxylic acids is 1. The van der Waals surface area contributed by atoms with Crippen LogP contribution in [-0.2, 0) is 16.8 Å². The van der Waals surface area contributed by atoms with Crippen LogP contribution in [0.5, 0.6) is 11.5 Å². The van der Waals surface area contributed by atoms with Crippen LogP contribution in [0.15, 0.2) is 47.0 Å². The molecule has 3 aliphatic rings. The van der Waals surface area contributed by atoms with Crippen molar-refractivity contribution < 1.29 is 23.2 Å². The minimum atomic E-state index is -0.885. The summed E-state index contributed by atoms with van der Waals surface area (Å²) in [7, 11) is 0. The largest absolute Gasteiger partial charge is 0.484 e. The number of carbonyl (C=O) groups is 1. The highest BCUT2D eigenvalue weighted by atomic mass is 35.5. The number of hydrogen-bond acceptors (Lipinski definition) is 6. The number of nitrogens with zero attached hydrogens (tertiary/aromatic N) is 2. The van der Waals surface area contributed by atoms with E-state index in [1.807, 2.05) is 0 Å². The molecule has 1 atom stereocenters. The van der Waals surface area contributed by atoms with Gasteiger partial charge in [0.1, 0.15) is 17.3 Å². The molecule has 3 fully saturated rings. The second kappa shape index (κ2) is 7.64. The first-order valence-electron chi connectivity index (χ1n) is 9.91. The van der Waals surface area contributed by atoms with Crippen molar-refractivity contribution in [3.8, 4) is 11.5 Å². The van der Waals surface area contributed by atoms with E-state index in [1.165, 1.54) is 12.1 Å². The Kier molecular flexibility index (Phi) is 5.02. The van der Waals surface area contributed by atoms with Crippen LogP contribution < -0.4 is 15.2 Å². The number of nitrogens with two attached hydrogens (primary N) is 1. The van der Waals surface area contributed by atoms with E-state index in [2.05, 4.69) is 10.1 Å². The van der Waals surface area contributed by atoms with Crippen molar-refractivity contribution >= 4 is 29.1 Å². The molecule has 0 radical (unpaired) electrons. The third-order valence-electron chi connectivity index (χ3n) is 6.15. The summed E-state index contributed by atoms with van der Waals surface area (Å²) in [6, 6.07) is 11.0. The van der Waals surface area contributed by atoms with Gasteiger partial charge in [-0.05, 0) is 55.7 Å². The molecule has 0 saturated heterocycles. The summed E-state index contributed by atoms with van der Waals surface area (Å²) in [6.45, 7) is 0.130. The second-order valence-corrected chi connectivity index (χ2v) is 9.25. The first kappa shape index (κ1) is 21.0. The van der Waals surface area contributed by atoms with Gasteiger partial charge in [0.25, 0.3) is 11.8 Å². The Hall–Kier alpha value is -2.84. The van der Waals surface area contributed by atoms with Gasteiger partial charge in [-0.2, -0.15) is 4.98 Å². The number of benzene rings is 2. The smallest absolute Gasteiger partial charge is 0.264 e. The fourth-order valence-corrected chi connectivity index (χ4v) is 5.00. The van der Waals surface area contributed by atoms with Gasteiger partial charge in [-0.25, -0.2) is 4.39 Å². The zero-order valence-electron chi connectivity index (χ0n) is 16.7. The van der Waals surface area contributed by atoms with Crippen LogP contribution in [0.2, 0.25) is 10.0 Å². The SMILES string of the molecule is NC(=O)C(Oc1ccc(Cl)c(F)c1)C12CC(c3noc(COc4ccc(Cl)cc4)n3)(C1)C2. The number of hydrogen-bond donors (Lipinski definition) is 1. The van der Waals surface area contributed by atoms with Crippen LogP contribution >= 0.6 is 23.2 Å². The van der Waals surface area contributed by atoms with Gasteiger partial charge >= 0.3 is 0 Å². The van der Waals surface area contributed by atoms with Crippen molar-refractivity contribution in [1.29, 1.82) is 0 Å². The maximum atomic E-state index is 13.7. The van der Waals surface area contributed by atoms with E-state index in [9.17, 15) is 9.18 Å². The molecule has 1 unspecified atom stereocenters. The monoisotopic (exact) mass is 477 g/mol. The zero-order chi connectivity index (χ0) is 22.5. The Bertz CT molecular complexity index is 1160. The minimum absolute atomic E-state index is 0.0228. The second-order valence-electron chi connectivity index (χ2n) is 8.40. The van der Waals surface area contributed by atoms with E-state index in [-0.39, 0.29) is 22.8 Å². The summed E-state index contributed by atoms with van der Waals surface area (Å²) in [5.74, 6) is 0.553. The van der Waals surface area contributed by atoms with Crippen LogP contribution in [0.4, 0.5) is 4.39 Å². The van der Waals surface area contributed by atoms with E-state index in [1.54, 1.807) is 24.3 Å².